The zero-order valence-electron chi connectivity index (χ0n) is 10.9. The molecule has 98 valence electrons. The summed E-state index contributed by atoms with van der Waals surface area (Å²) in [6, 6.07) is 7.66. The maximum atomic E-state index is 11.0. The first kappa shape index (κ1) is 13.1. The number of aliphatic carboxylic acids is 1. The summed E-state index contributed by atoms with van der Waals surface area (Å²) in [6.07, 6.45) is 2.34. The minimum atomic E-state index is -0.928. The number of carboxylic acids is 1. The molecule has 0 heterocycles. The minimum absolute atomic E-state index is 0.0325. The van der Waals surface area contributed by atoms with E-state index in [1.165, 1.54) is 0 Å². The fourth-order valence-corrected chi connectivity index (χ4v) is 2.59. The number of aliphatic hydroxyl groups is 1. The Morgan fingerprint density at radius 3 is 2.50 bits per heavy atom. The third-order valence-corrected chi connectivity index (χ3v) is 3.60. The highest BCUT2D eigenvalue weighted by atomic mass is 16.4. The largest absolute Gasteiger partial charge is 0.481 e. The maximum Gasteiger partial charge on any atom is 0.303 e. The average Bonchev–Trinajstić information content (AvgIpc) is 3.08. The Labute approximate surface area is 107 Å². The first-order chi connectivity index (χ1) is 8.39. The summed E-state index contributed by atoms with van der Waals surface area (Å²) in [5.41, 5.74) is 0.917. The number of carbonyl (C=O) groups is 1. The molecule has 1 unspecified atom stereocenters. The van der Waals surface area contributed by atoms with Gasteiger partial charge in [-0.2, -0.15) is 0 Å². The summed E-state index contributed by atoms with van der Waals surface area (Å²) in [5, 5.41) is 19.3. The molecule has 1 atom stereocenters. The van der Waals surface area contributed by atoms with E-state index in [0.29, 0.717) is 5.92 Å². The van der Waals surface area contributed by atoms with Gasteiger partial charge in [-0.05, 0) is 49.7 Å². The maximum absolute atomic E-state index is 11.0. The number of rotatable bonds is 5. The average molecular weight is 248 g/mol. The van der Waals surface area contributed by atoms with E-state index in [2.05, 4.69) is 0 Å². The highest BCUT2D eigenvalue weighted by Gasteiger charge is 2.36. The number of hydrogen-bond donors (Lipinski definition) is 2. The molecule has 1 aromatic carbocycles. The van der Waals surface area contributed by atoms with E-state index < -0.39 is 11.6 Å². The van der Waals surface area contributed by atoms with Crippen LogP contribution in [0.25, 0.3) is 0 Å². The Morgan fingerprint density at radius 2 is 2.00 bits per heavy atom. The second-order valence-electron chi connectivity index (χ2n) is 5.69. The lowest BCUT2D eigenvalue weighted by Gasteiger charge is -2.26. The fraction of sp³-hybridized carbons (Fsp3) is 0.533. The molecule has 0 saturated heterocycles. The van der Waals surface area contributed by atoms with E-state index in [1.54, 1.807) is 13.8 Å². The van der Waals surface area contributed by atoms with Crippen LogP contribution in [0.5, 0.6) is 0 Å². The van der Waals surface area contributed by atoms with Gasteiger partial charge in [0.05, 0.1) is 12.0 Å². The summed E-state index contributed by atoms with van der Waals surface area (Å²) in [5.74, 6) is -0.271. The van der Waals surface area contributed by atoms with Gasteiger partial charge in [-0.1, -0.05) is 24.3 Å². The number of benzene rings is 1. The zero-order valence-corrected chi connectivity index (χ0v) is 10.9. The van der Waals surface area contributed by atoms with Crippen LogP contribution in [0.1, 0.15) is 50.2 Å². The second kappa shape index (κ2) is 4.73. The lowest BCUT2D eigenvalue weighted by atomic mass is 9.82. The van der Waals surface area contributed by atoms with E-state index in [1.807, 2.05) is 24.3 Å². The van der Waals surface area contributed by atoms with Crippen LogP contribution in [0.2, 0.25) is 0 Å². The summed E-state index contributed by atoms with van der Waals surface area (Å²) in [4.78, 5) is 11.0. The van der Waals surface area contributed by atoms with Gasteiger partial charge < -0.3 is 10.2 Å². The van der Waals surface area contributed by atoms with Crippen molar-refractivity contribution in [3.63, 3.8) is 0 Å². The molecule has 1 aliphatic carbocycles. The van der Waals surface area contributed by atoms with Gasteiger partial charge >= 0.3 is 5.97 Å². The minimum Gasteiger partial charge on any atom is -0.481 e. The standard InChI is InChI=1S/C15H20O3/c1-15(2,18)13-6-4-3-5-11(13)12(9-14(16)17)10-7-8-10/h3-6,10,12,18H,7-9H2,1-2H3,(H,16,17). The first-order valence-corrected chi connectivity index (χ1v) is 6.43. The van der Waals surface area contributed by atoms with Gasteiger partial charge in [-0.3, -0.25) is 4.79 Å². The van der Waals surface area contributed by atoms with Crippen LogP contribution >= 0.6 is 0 Å². The fourth-order valence-electron chi connectivity index (χ4n) is 2.59. The SMILES string of the molecule is CC(C)(O)c1ccccc1C(CC(=O)O)C1CC1. The molecule has 0 aromatic heterocycles. The molecule has 1 aromatic rings. The Kier molecular flexibility index (Phi) is 3.44. The van der Waals surface area contributed by atoms with Gasteiger partial charge in [0, 0.05) is 0 Å². The highest BCUT2D eigenvalue weighted by Crippen LogP contribution is 2.46. The molecule has 18 heavy (non-hydrogen) atoms. The van der Waals surface area contributed by atoms with Crippen molar-refractivity contribution in [1.82, 2.24) is 0 Å². The number of carboxylic acid groups (broad SMARTS) is 1. The van der Waals surface area contributed by atoms with Crippen LogP contribution in [0.4, 0.5) is 0 Å². The smallest absolute Gasteiger partial charge is 0.303 e. The molecular weight excluding hydrogens is 228 g/mol. The molecule has 1 saturated carbocycles. The van der Waals surface area contributed by atoms with E-state index in [4.69, 9.17) is 5.11 Å². The lowest BCUT2D eigenvalue weighted by Crippen LogP contribution is -2.21. The van der Waals surface area contributed by atoms with Gasteiger partial charge in [0.2, 0.25) is 0 Å². The van der Waals surface area contributed by atoms with Crippen molar-refractivity contribution in [2.75, 3.05) is 0 Å². The Hall–Kier alpha value is -1.35. The van der Waals surface area contributed by atoms with E-state index in [0.717, 1.165) is 24.0 Å². The molecule has 1 fully saturated rings. The van der Waals surface area contributed by atoms with E-state index in [9.17, 15) is 9.90 Å². The molecule has 2 N–H and O–H groups in total. The van der Waals surface area contributed by atoms with Crippen LogP contribution in [-0.2, 0) is 10.4 Å². The third kappa shape index (κ3) is 2.91. The topological polar surface area (TPSA) is 57.5 Å². The van der Waals surface area contributed by atoms with Crippen molar-refractivity contribution >= 4 is 5.97 Å². The predicted octanol–water partition coefficient (Wildman–Crippen LogP) is 2.88. The van der Waals surface area contributed by atoms with Crippen LogP contribution in [0, 0.1) is 5.92 Å². The van der Waals surface area contributed by atoms with Crippen molar-refractivity contribution in [3.8, 4) is 0 Å². The highest BCUT2D eigenvalue weighted by molar-refractivity contribution is 5.68. The first-order valence-electron chi connectivity index (χ1n) is 6.43. The monoisotopic (exact) mass is 248 g/mol. The summed E-state index contributed by atoms with van der Waals surface area (Å²) < 4.78 is 0. The Morgan fingerprint density at radius 1 is 1.39 bits per heavy atom. The third-order valence-electron chi connectivity index (χ3n) is 3.60. The van der Waals surface area contributed by atoms with Crippen LogP contribution in [-0.4, -0.2) is 16.2 Å². The van der Waals surface area contributed by atoms with Crippen molar-refractivity contribution in [1.29, 1.82) is 0 Å². The van der Waals surface area contributed by atoms with Gasteiger partial charge in [-0.25, -0.2) is 0 Å². The zero-order chi connectivity index (χ0) is 13.3. The van der Waals surface area contributed by atoms with Crippen molar-refractivity contribution in [3.05, 3.63) is 35.4 Å². The second-order valence-corrected chi connectivity index (χ2v) is 5.69. The van der Waals surface area contributed by atoms with E-state index in [-0.39, 0.29) is 12.3 Å². The van der Waals surface area contributed by atoms with Crippen molar-refractivity contribution in [2.45, 2.75) is 44.6 Å². The summed E-state index contributed by atoms with van der Waals surface area (Å²) in [7, 11) is 0. The van der Waals surface area contributed by atoms with Crippen molar-refractivity contribution in [2.24, 2.45) is 5.92 Å². The Bertz CT molecular complexity index is 441. The molecule has 0 radical (unpaired) electrons. The van der Waals surface area contributed by atoms with Crippen LogP contribution < -0.4 is 0 Å². The molecule has 2 rings (SSSR count). The van der Waals surface area contributed by atoms with Gasteiger partial charge in [-0.15, -0.1) is 0 Å². The lowest BCUT2D eigenvalue weighted by molar-refractivity contribution is -0.137. The van der Waals surface area contributed by atoms with Crippen LogP contribution in [0.15, 0.2) is 24.3 Å². The molecule has 3 heteroatoms. The van der Waals surface area contributed by atoms with Crippen molar-refractivity contribution < 1.29 is 15.0 Å². The quantitative estimate of drug-likeness (QED) is 0.842. The van der Waals surface area contributed by atoms with Gasteiger partial charge in [0.25, 0.3) is 0 Å². The summed E-state index contributed by atoms with van der Waals surface area (Å²) >= 11 is 0. The molecule has 0 aliphatic heterocycles. The Balaban J connectivity index is 2.38. The van der Waals surface area contributed by atoms with Gasteiger partial charge in [0.15, 0.2) is 0 Å². The predicted molar refractivity (Wildman–Crippen MR) is 69.4 cm³/mol. The van der Waals surface area contributed by atoms with Crippen LogP contribution in [0.3, 0.4) is 0 Å². The molecule has 0 amide bonds. The van der Waals surface area contributed by atoms with E-state index >= 15 is 0 Å². The normalized spacial score (nSPS) is 17.5. The molecular formula is C15H20O3. The number of hydrogen-bond acceptors (Lipinski definition) is 2. The summed E-state index contributed by atoms with van der Waals surface area (Å²) in [6.45, 7) is 3.49. The van der Waals surface area contributed by atoms with Gasteiger partial charge in [0.1, 0.15) is 0 Å². The molecule has 1 aliphatic rings. The molecule has 0 spiro atoms. The molecule has 3 nitrogen and oxygen atoms in total. The molecule has 0 bridgehead atoms.